The van der Waals surface area contributed by atoms with Crippen LogP contribution in [0.2, 0.25) is 0 Å². The van der Waals surface area contributed by atoms with Crippen LogP contribution in [0.5, 0.6) is 0 Å². The summed E-state index contributed by atoms with van der Waals surface area (Å²) in [6.07, 6.45) is 13.7. The van der Waals surface area contributed by atoms with E-state index in [2.05, 4.69) is 180 Å². The lowest BCUT2D eigenvalue weighted by atomic mass is 9.78. The van der Waals surface area contributed by atoms with Gasteiger partial charge in [-0.05, 0) is 88.5 Å². The minimum atomic E-state index is 0.938. The first-order valence-corrected chi connectivity index (χ1v) is 17.1. The first kappa shape index (κ1) is 28.4. The molecule has 9 rings (SSSR count). The molecule has 0 aliphatic heterocycles. The Balaban J connectivity index is 1.43. The number of nitrogens with zero attached hydrogens (tertiary/aromatic N) is 2. The molecule has 0 spiro atoms. The molecule has 8 aromatic rings. The second-order valence-electron chi connectivity index (χ2n) is 12.7. The van der Waals surface area contributed by atoms with Crippen molar-refractivity contribution >= 4 is 38.2 Å². The highest BCUT2D eigenvalue weighted by atomic mass is 15.0. The van der Waals surface area contributed by atoms with Crippen molar-refractivity contribution in [1.82, 2.24) is 9.13 Å². The highest BCUT2D eigenvalue weighted by Crippen LogP contribution is 2.50. The van der Waals surface area contributed by atoms with Crippen LogP contribution in [0.3, 0.4) is 0 Å². The van der Waals surface area contributed by atoms with Gasteiger partial charge in [-0.2, -0.15) is 0 Å². The molecular weight excluding hydrogens is 581 g/mol. The van der Waals surface area contributed by atoms with Crippen LogP contribution in [0.15, 0.2) is 164 Å². The maximum absolute atomic E-state index is 2.42. The Hall–Kier alpha value is -5.86. The zero-order valence-electron chi connectivity index (χ0n) is 27.1. The van der Waals surface area contributed by atoms with Gasteiger partial charge in [-0.3, -0.25) is 0 Å². The fourth-order valence-electron chi connectivity index (χ4n) is 7.90. The van der Waals surface area contributed by atoms with Gasteiger partial charge in [0.15, 0.2) is 0 Å². The van der Waals surface area contributed by atoms with Gasteiger partial charge in [0.1, 0.15) is 0 Å². The van der Waals surface area contributed by atoms with Crippen molar-refractivity contribution in [2.24, 2.45) is 0 Å². The third-order valence-corrected chi connectivity index (χ3v) is 10.0. The molecule has 6 aromatic carbocycles. The smallest absolute Gasteiger partial charge is 0.0492 e. The Kier molecular flexibility index (Phi) is 6.94. The zero-order valence-corrected chi connectivity index (χ0v) is 27.1. The second kappa shape index (κ2) is 11.7. The van der Waals surface area contributed by atoms with Crippen LogP contribution in [0.1, 0.15) is 25.3 Å². The van der Waals surface area contributed by atoms with E-state index in [0.29, 0.717) is 0 Å². The summed E-state index contributed by atoms with van der Waals surface area (Å²) in [5, 5.41) is 5.11. The van der Waals surface area contributed by atoms with Crippen molar-refractivity contribution in [2.75, 3.05) is 0 Å². The third kappa shape index (κ3) is 4.56. The minimum Gasteiger partial charge on any atom is -0.341 e. The summed E-state index contributed by atoms with van der Waals surface area (Å²) in [5.41, 5.74) is 14.0. The van der Waals surface area contributed by atoms with Gasteiger partial charge in [0.25, 0.3) is 0 Å². The molecule has 0 bridgehead atoms. The Bertz CT molecular complexity index is 2510. The van der Waals surface area contributed by atoms with E-state index in [9.17, 15) is 0 Å². The maximum atomic E-state index is 2.42. The first-order valence-electron chi connectivity index (χ1n) is 17.1. The average molecular weight is 617 g/mol. The topological polar surface area (TPSA) is 9.86 Å². The summed E-state index contributed by atoms with van der Waals surface area (Å²) < 4.78 is 4.78. The van der Waals surface area contributed by atoms with Gasteiger partial charge >= 0.3 is 0 Å². The molecule has 2 nitrogen and oxygen atoms in total. The van der Waals surface area contributed by atoms with Crippen LogP contribution >= 0.6 is 0 Å². The normalized spacial score (nSPS) is 13.1. The molecular formula is C46H36N2. The summed E-state index contributed by atoms with van der Waals surface area (Å²) in [7, 11) is 0. The zero-order chi connectivity index (χ0) is 32.0. The number of hydrogen-bond donors (Lipinski definition) is 0. The number of benzene rings is 6. The minimum absolute atomic E-state index is 0.938. The fraction of sp³-hybridized carbons (Fsp3) is 0.0870. The Labute approximate surface area is 281 Å². The third-order valence-electron chi connectivity index (χ3n) is 10.0. The number of aromatic nitrogens is 2. The molecule has 0 radical (unpaired) electrons. The molecule has 1 aliphatic rings. The molecule has 0 unspecified atom stereocenters. The van der Waals surface area contributed by atoms with Gasteiger partial charge in [-0.15, -0.1) is 0 Å². The van der Waals surface area contributed by atoms with Gasteiger partial charge in [0.05, 0.1) is 0 Å². The predicted octanol–water partition coefficient (Wildman–Crippen LogP) is 12.5. The van der Waals surface area contributed by atoms with Crippen LogP contribution < -0.4 is 0 Å². The predicted molar refractivity (Wildman–Crippen MR) is 205 cm³/mol. The van der Waals surface area contributed by atoms with Crippen molar-refractivity contribution in [3.8, 4) is 39.1 Å². The van der Waals surface area contributed by atoms with Crippen molar-refractivity contribution < 1.29 is 0 Å². The molecule has 2 heteroatoms. The fourth-order valence-corrected chi connectivity index (χ4v) is 7.90. The second-order valence-corrected chi connectivity index (χ2v) is 12.7. The molecule has 48 heavy (non-hydrogen) atoms. The number of allylic oxidation sites excluding steroid dienone is 4. The number of hydrogen-bond acceptors (Lipinski definition) is 0. The van der Waals surface area contributed by atoms with Gasteiger partial charge in [0, 0.05) is 57.2 Å². The van der Waals surface area contributed by atoms with Gasteiger partial charge in [-0.25, -0.2) is 0 Å². The Morgan fingerprint density at radius 1 is 0.521 bits per heavy atom. The summed E-state index contributed by atoms with van der Waals surface area (Å²) in [5.74, 6) is 0. The van der Waals surface area contributed by atoms with Gasteiger partial charge in [-0.1, -0.05) is 127 Å². The van der Waals surface area contributed by atoms with Crippen molar-refractivity contribution in [3.63, 3.8) is 0 Å². The molecule has 1 aliphatic carbocycles. The monoisotopic (exact) mass is 616 g/mol. The highest BCUT2D eigenvalue weighted by Gasteiger charge is 2.26. The van der Waals surface area contributed by atoms with Crippen LogP contribution in [-0.2, 0) is 6.54 Å². The summed E-state index contributed by atoms with van der Waals surface area (Å²) in [4.78, 5) is 0. The van der Waals surface area contributed by atoms with Crippen LogP contribution in [-0.4, -0.2) is 9.13 Å². The van der Waals surface area contributed by atoms with E-state index in [0.717, 1.165) is 19.4 Å². The van der Waals surface area contributed by atoms with Gasteiger partial charge in [0.2, 0.25) is 0 Å². The van der Waals surface area contributed by atoms with E-state index >= 15 is 0 Å². The molecule has 0 fully saturated rings. The SMILES string of the molecule is CCn1c2ccccc2c2cc(-n3cc4c(-c5ccccc5)c(C5=CC=CCC5)c(-c5ccccc5)c(-c5ccccc5)c4c3)ccc21. The largest absolute Gasteiger partial charge is 0.341 e. The molecule has 2 aromatic heterocycles. The van der Waals surface area contributed by atoms with E-state index in [1.807, 2.05) is 0 Å². The molecule has 230 valence electrons. The van der Waals surface area contributed by atoms with Crippen LogP contribution in [0.25, 0.3) is 77.2 Å². The average Bonchev–Trinajstić information content (AvgIpc) is 3.74. The molecule has 0 saturated heterocycles. The number of fused-ring (bicyclic) bond motifs is 4. The molecule has 0 saturated carbocycles. The van der Waals surface area contributed by atoms with Crippen molar-refractivity contribution in [2.45, 2.75) is 26.3 Å². The lowest BCUT2D eigenvalue weighted by Gasteiger charge is -2.24. The highest BCUT2D eigenvalue weighted by molar-refractivity contribution is 6.16. The van der Waals surface area contributed by atoms with E-state index in [4.69, 9.17) is 0 Å². The van der Waals surface area contributed by atoms with Crippen molar-refractivity contribution in [1.29, 1.82) is 0 Å². The molecule has 2 heterocycles. The van der Waals surface area contributed by atoms with Gasteiger partial charge < -0.3 is 9.13 Å². The maximum Gasteiger partial charge on any atom is 0.0492 e. The number of rotatable bonds is 6. The quantitative estimate of drug-likeness (QED) is 0.176. The molecule has 0 atom stereocenters. The Morgan fingerprint density at radius 3 is 1.69 bits per heavy atom. The van der Waals surface area contributed by atoms with Crippen molar-refractivity contribution in [3.05, 3.63) is 170 Å². The lowest BCUT2D eigenvalue weighted by Crippen LogP contribution is -2.00. The van der Waals surface area contributed by atoms with E-state index in [-0.39, 0.29) is 0 Å². The standard InChI is InChI=1S/C46H36N2/c1-2-48-41-26-16-15-25-37(41)38-29-36(27-28-42(38)48)47-30-39-40(31-47)44(33-19-9-4-10-20-33)46(35-23-13-6-14-24-35)45(34-21-11-5-12-22-34)43(39)32-17-7-3-8-18-32/h3-13,15-23,25-31H,2,14,24H2,1H3. The van der Waals surface area contributed by atoms with E-state index < -0.39 is 0 Å². The lowest BCUT2D eigenvalue weighted by molar-refractivity contribution is 0.827. The van der Waals surface area contributed by atoms with E-state index in [1.54, 1.807) is 0 Å². The van der Waals surface area contributed by atoms with E-state index in [1.165, 1.54) is 82.8 Å². The Morgan fingerprint density at radius 2 is 1.08 bits per heavy atom. The summed E-state index contributed by atoms with van der Waals surface area (Å²) >= 11 is 0. The summed E-state index contributed by atoms with van der Waals surface area (Å²) in [6, 6.07) is 48.7. The van der Waals surface area contributed by atoms with Crippen LogP contribution in [0, 0.1) is 0 Å². The molecule has 0 N–H and O–H groups in total. The summed E-state index contributed by atoms with van der Waals surface area (Å²) in [6.45, 7) is 3.17. The van der Waals surface area contributed by atoms with Crippen LogP contribution in [0.4, 0.5) is 0 Å². The first-order chi connectivity index (χ1) is 23.8. The molecule has 0 amide bonds. The number of aryl methyl sites for hydroxylation is 1. The number of para-hydroxylation sites is 1.